The van der Waals surface area contributed by atoms with E-state index in [2.05, 4.69) is 49.0 Å². The molecule has 0 bridgehead atoms. The van der Waals surface area contributed by atoms with Gasteiger partial charge in [0.2, 0.25) is 11.8 Å². The summed E-state index contributed by atoms with van der Waals surface area (Å²) >= 11 is 0. The van der Waals surface area contributed by atoms with E-state index in [0.717, 1.165) is 25.7 Å². The third kappa shape index (κ3) is 19.7. The van der Waals surface area contributed by atoms with Crippen molar-refractivity contribution >= 4 is 45.5 Å². The van der Waals surface area contributed by atoms with Crippen LogP contribution in [-0.4, -0.2) is 48.5 Å². The van der Waals surface area contributed by atoms with Crippen LogP contribution in [0.25, 0.3) is 0 Å². The fourth-order valence-electron chi connectivity index (χ4n) is 2.18. The van der Waals surface area contributed by atoms with Crippen LogP contribution in [0.15, 0.2) is 0 Å². The molecule has 29 heavy (non-hydrogen) atoms. The van der Waals surface area contributed by atoms with Gasteiger partial charge in [0.25, 0.3) is 0 Å². The number of nitrogens with one attached hydrogen (secondary N) is 4. The van der Waals surface area contributed by atoms with Crippen molar-refractivity contribution in [2.75, 3.05) is 24.6 Å². The Kier molecular flexibility index (Phi) is 16.6. The Balaban J connectivity index is 3.61. The predicted molar refractivity (Wildman–Crippen MR) is 121 cm³/mol. The molecule has 0 aliphatic carbocycles. The minimum atomic E-state index is -0.503. The molecule has 0 unspecified atom stereocenters. The number of rotatable bonds is 14. The average Bonchev–Trinajstić information content (AvgIpc) is 2.61. The molecule has 8 nitrogen and oxygen atoms in total. The zero-order valence-electron chi connectivity index (χ0n) is 18.0. The molecular formula is C19H36N4O4S2. The molecule has 0 aromatic carbocycles. The molecule has 0 saturated heterocycles. The fourth-order valence-corrected chi connectivity index (χ4v) is 3.92. The SMILES string of the molecule is CC(C)CCCNC(=O)NC(=O)CSSCCNC(=O)NC(=O)CCCC(C)C. The molecule has 0 atom stereocenters. The molecule has 0 radical (unpaired) electrons. The Morgan fingerprint density at radius 1 is 0.724 bits per heavy atom. The number of carbonyl (C=O) groups excluding carboxylic acids is 4. The summed E-state index contributed by atoms with van der Waals surface area (Å²) in [5, 5.41) is 9.84. The second-order valence-corrected chi connectivity index (χ2v) is 10.1. The van der Waals surface area contributed by atoms with Gasteiger partial charge in [-0.05, 0) is 31.1 Å². The van der Waals surface area contributed by atoms with Crippen LogP contribution in [0.4, 0.5) is 9.59 Å². The monoisotopic (exact) mass is 448 g/mol. The van der Waals surface area contributed by atoms with Crippen molar-refractivity contribution in [1.82, 2.24) is 21.3 Å². The van der Waals surface area contributed by atoms with Crippen LogP contribution in [0.2, 0.25) is 0 Å². The first kappa shape index (κ1) is 27.6. The van der Waals surface area contributed by atoms with Crippen molar-refractivity contribution in [3.63, 3.8) is 0 Å². The second-order valence-electron chi connectivity index (χ2n) is 7.51. The summed E-state index contributed by atoms with van der Waals surface area (Å²) < 4.78 is 0. The van der Waals surface area contributed by atoms with E-state index in [-0.39, 0.29) is 17.6 Å². The normalized spacial score (nSPS) is 10.7. The number of carbonyl (C=O) groups is 4. The van der Waals surface area contributed by atoms with Gasteiger partial charge >= 0.3 is 12.1 Å². The van der Waals surface area contributed by atoms with Crippen molar-refractivity contribution in [3.8, 4) is 0 Å². The van der Waals surface area contributed by atoms with Gasteiger partial charge in [0, 0.05) is 25.3 Å². The maximum atomic E-state index is 11.7. The van der Waals surface area contributed by atoms with Crippen molar-refractivity contribution in [1.29, 1.82) is 0 Å². The summed E-state index contributed by atoms with van der Waals surface area (Å²) in [6, 6.07) is -0.974. The number of hydrogen-bond donors (Lipinski definition) is 4. The lowest BCUT2D eigenvalue weighted by Gasteiger charge is -2.08. The first-order valence-corrected chi connectivity index (χ1v) is 12.6. The summed E-state index contributed by atoms with van der Waals surface area (Å²) in [7, 11) is 2.71. The van der Waals surface area contributed by atoms with E-state index >= 15 is 0 Å². The molecule has 10 heteroatoms. The molecule has 0 aliphatic rings. The highest BCUT2D eigenvalue weighted by Gasteiger charge is 2.09. The summed E-state index contributed by atoms with van der Waals surface area (Å²) in [4.78, 5) is 46.4. The van der Waals surface area contributed by atoms with Crippen molar-refractivity contribution < 1.29 is 19.2 Å². The summed E-state index contributed by atoms with van der Waals surface area (Å²) in [5.74, 6) is 1.22. The summed E-state index contributed by atoms with van der Waals surface area (Å²) in [5.41, 5.74) is 0. The second kappa shape index (κ2) is 17.4. The van der Waals surface area contributed by atoms with Crippen molar-refractivity contribution in [2.45, 2.75) is 59.8 Å². The highest BCUT2D eigenvalue weighted by atomic mass is 33.1. The van der Waals surface area contributed by atoms with Crippen molar-refractivity contribution in [3.05, 3.63) is 0 Å². The highest BCUT2D eigenvalue weighted by Crippen LogP contribution is 2.19. The summed E-state index contributed by atoms with van der Waals surface area (Å²) in [6.07, 6.45) is 3.97. The smallest absolute Gasteiger partial charge is 0.321 e. The molecule has 0 aromatic heterocycles. The van der Waals surface area contributed by atoms with Crippen LogP contribution in [0.5, 0.6) is 0 Å². The lowest BCUT2D eigenvalue weighted by molar-refractivity contribution is -0.120. The Morgan fingerprint density at radius 2 is 1.28 bits per heavy atom. The van der Waals surface area contributed by atoms with Gasteiger partial charge in [0.05, 0.1) is 5.75 Å². The van der Waals surface area contributed by atoms with Crippen LogP contribution >= 0.6 is 21.6 Å². The zero-order chi connectivity index (χ0) is 22.1. The van der Waals surface area contributed by atoms with E-state index in [9.17, 15) is 19.2 Å². The predicted octanol–water partition coefficient (Wildman–Crippen LogP) is 3.28. The van der Waals surface area contributed by atoms with E-state index in [1.165, 1.54) is 21.6 Å². The maximum Gasteiger partial charge on any atom is 0.321 e. The molecule has 168 valence electrons. The van der Waals surface area contributed by atoms with Gasteiger partial charge in [0.15, 0.2) is 0 Å². The molecule has 6 amide bonds. The largest absolute Gasteiger partial charge is 0.338 e. The third-order valence-electron chi connectivity index (χ3n) is 3.68. The third-order valence-corrected chi connectivity index (χ3v) is 5.95. The van der Waals surface area contributed by atoms with E-state index in [1.54, 1.807) is 0 Å². The fraction of sp³-hybridized carbons (Fsp3) is 0.789. The average molecular weight is 449 g/mol. The highest BCUT2D eigenvalue weighted by molar-refractivity contribution is 8.76. The standard InChI is InChI=1S/C19H36N4O4S2/c1-14(2)7-5-9-16(24)22-19(27)21-11-12-28-29-13-17(25)23-18(26)20-10-6-8-15(3)4/h14-15H,5-13H2,1-4H3,(H2,20,23,25,26)(H2,21,22,24,27). The van der Waals surface area contributed by atoms with Crippen LogP contribution in [-0.2, 0) is 9.59 Å². The zero-order valence-corrected chi connectivity index (χ0v) is 19.6. The van der Waals surface area contributed by atoms with Gasteiger partial charge in [-0.25, -0.2) is 9.59 Å². The number of imide groups is 2. The Morgan fingerprint density at radius 3 is 1.90 bits per heavy atom. The first-order chi connectivity index (χ1) is 13.7. The quantitative estimate of drug-likeness (QED) is 0.239. The van der Waals surface area contributed by atoms with E-state index in [0.29, 0.717) is 37.1 Å². The Hall–Kier alpha value is -1.42. The molecule has 0 saturated carbocycles. The minimum Gasteiger partial charge on any atom is -0.338 e. The topological polar surface area (TPSA) is 116 Å². The van der Waals surface area contributed by atoms with Gasteiger partial charge in [-0.3, -0.25) is 20.2 Å². The number of hydrogen-bond acceptors (Lipinski definition) is 6. The lowest BCUT2D eigenvalue weighted by Crippen LogP contribution is -2.40. The van der Waals surface area contributed by atoms with Crippen molar-refractivity contribution in [2.24, 2.45) is 11.8 Å². The van der Waals surface area contributed by atoms with Gasteiger partial charge in [-0.2, -0.15) is 0 Å². The van der Waals surface area contributed by atoms with E-state index < -0.39 is 12.1 Å². The van der Waals surface area contributed by atoms with Crippen LogP contribution in [0.3, 0.4) is 0 Å². The lowest BCUT2D eigenvalue weighted by atomic mass is 10.1. The van der Waals surface area contributed by atoms with Gasteiger partial charge in [-0.15, -0.1) is 0 Å². The molecule has 0 rings (SSSR count). The van der Waals surface area contributed by atoms with Crippen LogP contribution < -0.4 is 21.3 Å². The van der Waals surface area contributed by atoms with Crippen LogP contribution in [0.1, 0.15) is 59.8 Å². The number of amides is 6. The molecule has 0 heterocycles. The molecule has 0 spiro atoms. The molecular weight excluding hydrogens is 412 g/mol. The van der Waals surface area contributed by atoms with Gasteiger partial charge in [0.1, 0.15) is 0 Å². The number of urea groups is 2. The minimum absolute atomic E-state index is 0.143. The van der Waals surface area contributed by atoms with E-state index in [4.69, 9.17) is 0 Å². The van der Waals surface area contributed by atoms with Gasteiger partial charge < -0.3 is 10.6 Å². The Labute approximate surface area is 182 Å². The first-order valence-electron chi connectivity index (χ1n) is 10.1. The van der Waals surface area contributed by atoms with Crippen LogP contribution in [0, 0.1) is 11.8 Å². The molecule has 0 aromatic rings. The summed E-state index contributed by atoms with van der Waals surface area (Å²) in [6.45, 7) is 9.35. The Bertz CT molecular complexity index is 516. The van der Waals surface area contributed by atoms with Gasteiger partial charge in [-0.1, -0.05) is 55.7 Å². The maximum absolute atomic E-state index is 11.7. The van der Waals surface area contributed by atoms with E-state index in [1.807, 2.05) is 0 Å². The molecule has 0 fully saturated rings. The molecule has 0 aliphatic heterocycles. The molecule has 4 N–H and O–H groups in total.